The van der Waals surface area contributed by atoms with Crippen LogP contribution < -0.4 is 5.32 Å². The molecule has 0 radical (unpaired) electrons. The molecule has 1 atom stereocenters. The molecule has 114 valence electrons. The van der Waals surface area contributed by atoms with Crippen LogP contribution in [-0.2, 0) is 6.18 Å². The number of alkyl halides is 3. The van der Waals surface area contributed by atoms with Crippen molar-refractivity contribution in [1.29, 1.82) is 0 Å². The minimum Gasteiger partial charge on any atom is -0.311 e. The summed E-state index contributed by atoms with van der Waals surface area (Å²) in [5.74, 6) is -0.747. The van der Waals surface area contributed by atoms with Crippen LogP contribution in [0.4, 0.5) is 17.6 Å². The zero-order valence-corrected chi connectivity index (χ0v) is 12.1. The maximum Gasteiger partial charge on any atom is 0.416 e. The molecule has 1 aromatic carbocycles. The van der Waals surface area contributed by atoms with E-state index in [2.05, 4.69) is 15.5 Å². The van der Waals surface area contributed by atoms with Crippen LogP contribution >= 0.6 is 11.3 Å². The minimum atomic E-state index is -4.52. The number of nitrogens with zero attached hydrogens (tertiary/aromatic N) is 2. The van der Waals surface area contributed by atoms with Crippen molar-refractivity contribution >= 4 is 11.3 Å². The minimum absolute atomic E-state index is 0.0508. The first-order valence-corrected chi connectivity index (χ1v) is 7.06. The van der Waals surface area contributed by atoms with E-state index in [1.807, 2.05) is 6.92 Å². The van der Waals surface area contributed by atoms with Crippen LogP contribution in [0.2, 0.25) is 0 Å². The SMILES string of the molecule is CCC(NC)c1nnc(-c2cc(C(F)(F)F)ccc2F)s1. The Morgan fingerprint density at radius 1 is 1.29 bits per heavy atom. The van der Waals surface area contributed by atoms with Gasteiger partial charge in [0.15, 0.2) is 5.01 Å². The van der Waals surface area contributed by atoms with Crippen LogP contribution in [0, 0.1) is 5.82 Å². The van der Waals surface area contributed by atoms with Gasteiger partial charge in [0.2, 0.25) is 0 Å². The Morgan fingerprint density at radius 2 is 2.00 bits per heavy atom. The highest BCUT2D eigenvalue weighted by molar-refractivity contribution is 7.14. The molecule has 1 heterocycles. The Labute approximate surface area is 123 Å². The normalized spacial score (nSPS) is 13.4. The monoisotopic (exact) mass is 319 g/mol. The molecule has 0 fully saturated rings. The van der Waals surface area contributed by atoms with Gasteiger partial charge in [-0.05, 0) is 31.7 Å². The summed E-state index contributed by atoms with van der Waals surface area (Å²) in [7, 11) is 1.75. The van der Waals surface area contributed by atoms with E-state index in [0.717, 1.165) is 29.9 Å². The third-order valence-corrected chi connectivity index (χ3v) is 4.09. The predicted octanol–water partition coefficient (Wildman–Crippen LogP) is 4.03. The summed E-state index contributed by atoms with van der Waals surface area (Å²) >= 11 is 1.08. The van der Waals surface area contributed by atoms with Crippen molar-refractivity contribution in [3.8, 4) is 10.6 Å². The van der Waals surface area contributed by atoms with Crippen molar-refractivity contribution in [2.24, 2.45) is 0 Å². The van der Waals surface area contributed by atoms with E-state index >= 15 is 0 Å². The van der Waals surface area contributed by atoms with Crippen molar-refractivity contribution in [2.45, 2.75) is 25.6 Å². The topological polar surface area (TPSA) is 37.8 Å². The van der Waals surface area contributed by atoms with Crippen molar-refractivity contribution in [1.82, 2.24) is 15.5 Å². The van der Waals surface area contributed by atoms with Crippen LogP contribution in [-0.4, -0.2) is 17.2 Å². The molecule has 0 bridgehead atoms. The molecule has 2 aromatic rings. The molecule has 3 nitrogen and oxygen atoms in total. The first-order valence-electron chi connectivity index (χ1n) is 6.24. The summed E-state index contributed by atoms with van der Waals surface area (Å²) in [6.45, 7) is 1.94. The average molecular weight is 319 g/mol. The molecular formula is C13H13F4N3S. The van der Waals surface area contributed by atoms with Gasteiger partial charge in [0.25, 0.3) is 0 Å². The standard InChI is InChI=1S/C13H13F4N3S/c1-3-10(18-2)12-20-19-11(21-12)8-6-7(13(15,16)17)4-5-9(8)14/h4-6,10,18H,3H2,1-2H3. The second-order valence-electron chi connectivity index (χ2n) is 4.39. The Hall–Kier alpha value is -1.54. The Bertz CT molecular complexity index is 620. The van der Waals surface area contributed by atoms with Gasteiger partial charge in [-0.15, -0.1) is 10.2 Å². The number of benzene rings is 1. The zero-order chi connectivity index (χ0) is 15.6. The van der Waals surface area contributed by atoms with Gasteiger partial charge in [0.05, 0.1) is 11.6 Å². The Morgan fingerprint density at radius 3 is 2.57 bits per heavy atom. The highest BCUT2D eigenvalue weighted by Crippen LogP contribution is 2.35. The maximum atomic E-state index is 13.8. The Kier molecular flexibility index (Phi) is 4.58. The number of nitrogens with one attached hydrogen (secondary N) is 1. The highest BCUT2D eigenvalue weighted by atomic mass is 32.1. The fraction of sp³-hybridized carbons (Fsp3) is 0.385. The largest absolute Gasteiger partial charge is 0.416 e. The van der Waals surface area contributed by atoms with Gasteiger partial charge in [0, 0.05) is 5.56 Å². The van der Waals surface area contributed by atoms with Gasteiger partial charge in [-0.2, -0.15) is 13.2 Å². The quantitative estimate of drug-likeness (QED) is 0.865. The van der Waals surface area contributed by atoms with Crippen molar-refractivity contribution in [3.63, 3.8) is 0 Å². The third kappa shape index (κ3) is 3.38. The van der Waals surface area contributed by atoms with Gasteiger partial charge in [-0.1, -0.05) is 18.3 Å². The maximum absolute atomic E-state index is 13.8. The molecule has 0 amide bonds. The predicted molar refractivity (Wildman–Crippen MR) is 72.4 cm³/mol. The van der Waals surface area contributed by atoms with Crippen LogP contribution in [0.3, 0.4) is 0 Å². The van der Waals surface area contributed by atoms with Crippen LogP contribution in [0.15, 0.2) is 18.2 Å². The van der Waals surface area contributed by atoms with Crippen molar-refractivity contribution in [3.05, 3.63) is 34.6 Å². The van der Waals surface area contributed by atoms with Gasteiger partial charge in [0.1, 0.15) is 10.8 Å². The fourth-order valence-electron chi connectivity index (χ4n) is 1.85. The van der Waals surface area contributed by atoms with E-state index in [-0.39, 0.29) is 16.6 Å². The van der Waals surface area contributed by atoms with E-state index in [0.29, 0.717) is 11.1 Å². The van der Waals surface area contributed by atoms with Gasteiger partial charge in [-0.3, -0.25) is 0 Å². The van der Waals surface area contributed by atoms with E-state index in [1.54, 1.807) is 7.05 Å². The number of hydrogen-bond acceptors (Lipinski definition) is 4. The Balaban J connectivity index is 2.42. The second-order valence-corrected chi connectivity index (χ2v) is 5.40. The molecule has 1 unspecified atom stereocenters. The highest BCUT2D eigenvalue weighted by Gasteiger charge is 2.31. The average Bonchev–Trinajstić information content (AvgIpc) is 2.89. The second kappa shape index (κ2) is 6.07. The van der Waals surface area contributed by atoms with Crippen LogP contribution in [0.25, 0.3) is 10.6 Å². The summed E-state index contributed by atoms with van der Waals surface area (Å²) in [4.78, 5) is 0. The van der Waals surface area contributed by atoms with E-state index in [4.69, 9.17) is 0 Å². The molecule has 0 saturated heterocycles. The van der Waals surface area contributed by atoms with E-state index < -0.39 is 17.6 Å². The summed E-state index contributed by atoms with van der Waals surface area (Å²) in [6, 6.07) is 2.22. The lowest BCUT2D eigenvalue weighted by molar-refractivity contribution is -0.137. The lowest BCUT2D eigenvalue weighted by atomic mass is 10.1. The summed E-state index contributed by atoms with van der Waals surface area (Å²) in [6.07, 6.45) is -3.77. The van der Waals surface area contributed by atoms with Crippen molar-refractivity contribution in [2.75, 3.05) is 7.05 Å². The molecule has 0 aliphatic heterocycles. The molecule has 0 aliphatic carbocycles. The molecule has 0 aliphatic rings. The number of aromatic nitrogens is 2. The van der Waals surface area contributed by atoms with Crippen molar-refractivity contribution < 1.29 is 17.6 Å². The van der Waals surface area contributed by atoms with Gasteiger partial charge < -0.3 is 5.32 Å². The first-order chi connectivity index (χ1) is 9.86. The summed E-state index contributed by atoms with van der Waals surface area (Å²) in [5, 5.41) is 11.5. The fourth-order valence-corrected chi connectivity index (χ4v) is 2.91. The number of rotatable bonds is 4. The molecule has 1 N–H and O–H groups in total. The van der Waals surface area contributed by atoms with Crippen LogP contribution in [0.5, 0.6) is 0 Å². The van der Waals surface area contributed by atoms with E-state index in [9.17, 15) is 17.6 Å². The summed E-state index contributed by atoms with van der Waals surface area (Å²) in [5.41, 5.74) is -1.09. The molecule has 0 spiro atoms. The first kappa shape index (κ1) is 15.8. The molecule has 2 rings (SSSR count). The van der Waals surface area contributed by atoms with Gasteiger partial charge >= 0.3 is 6.18 Å². The number of halogens is 4. The summed E-state index contributed by atoms with van der Waals surface area (Å²) < 4.78 is 51.9. The molecule has 0 saturated carbocycles. The van der Waals surface area contributed by atoms with Crippen LogP contribution in [0.1, 0.15) is 30.0 Å². The lowest BCUT2D eigenvalue weighted by Gasteiger charge is -2.09. The third-order valence-electron chi connectivity index (χ3n) is 3.02. The molecular weight excluding hydrogens is 306 g/mol. The zero-order valence-electron chi connectivity index (χ0n) is 11.3. The number of hydrogen-bond donors (Lipinski definition) is 1. The molecule has 8 heteroatoms. The molecule has 21 heavy (non-hydrogen) atoms. The smallest absolute Gasteiger partial charge is 0.311 e. The lowest BCUT2D eigenvalue weighted by Crippen LogP contribution is -2.14. The molecule has 1 aromatic heterocycles. The van der Waals surface area contributed by atoms with Gasteiger partial charge in [-0.25, -0.2) is 4.39 Å². The van der Waals surface area contributed by atoms with E-state index in [1.165, 1.54) is 0 Å².